The van der Waals surface area contributed by atoms with E-state index in [0.29, 0.717) is 6.04 Å². The van der Waals surface area contributed by atoms with Gasteiger partial charge in [-0.2, -0.15) is 5.26 Å². The number of piperidine rings is 1. The van der Waals surface area contributed by atoms with Gasteiger partial charge in [-0.05, 0) is 60.5 Å². The summed E-state index contributed by atoms with van der Waals surface area (Å²) in [5.74, 6) is 0. The van der Waals surface area contributed by atoms with E-state index >= 15 is 0 Å². The number of nitrogens with zero attached hydrogens (tertiary/aromatic N) is 3. The molecule has 0 unspecified atom stereocenters. The van der Waals surface area contributed by atoms with E-state index in [2.05, 4.69) is 39.9 Å². The van der Waals surface area contributed by atoms with Crippen LogP contribution in [0.1, 0.15) is 30.0 Å². The first kappa shape index (κ1) is 17.1. The van der Waals surface area contributed by atoms with E-state index in [4.69, 9.17) is 16.9 Å². The highest BCUT2D eigenvalue weighted by Gasteiger charge is 2.21. The molecule has 0 N–H and O–H groups in total. The Bertz CT molecular complexity index is 945. The van der Waals surface area contributed by atoms with Crippen LogP contribution in [0, 0.1) is 11.3 Å². The monoisotopic (exact) mass is 363 g/mol. The Morgan fingerprint density at radius 1 is 1.08 bits per heavy atom. The van der Waals surface area contributed by atoms with Crippen LogP contribution in [0.5, 0.6) is 0 Å². The highest BCUT2D eigenvalue weighted by Crippen LogP contribution is 2.28. The van der Waals surface area contributed by atoms with Gasteiger partial charge in [-0.3, -0.25) is 0 Å². The number of halogens is 1. The minimum Gasteiger partial charge on any atom is -0.344 e. The molecule has 0 atom stereocenters. The Labute approximate surface area is 159 Å². The first-order valence-electron chi connectivity index (χ1n) is 9.20. The number of benzene rings is 2. The Kier molecular flexibility index (Phi) is 4.97. The van der Waals surface area contributed by atoms with Gasteiger partial charge in [-0.1, -0.05) is 29.8 Å². The normalized spacial score (nSPS) is 16.0. The molecule has 0 radical (unpaired) electrons. The zero-order valence-electron chi connectivity index (χ0n) is 14.7. The van der Waals surface area contributed by atoms with Crippen LogP contribution in [0.25, 0.3) is 10.9 Å². The summed E-state index contributed by atoms with van der Waals surface area (Å²) in [4.78, 5) is 2.55. The summed E-state index contributed by atoms with van der Waals surface area (Å²) < 4.78 is 2.37. The molecule has 0 aliphatic carbocycles. The largest absolute Gasteiger partial charge is 0.344 e. The molecule has 1 aliphatic rings. The minimum absolute atomic E-state index is 0.517. The van der Waals surface area contributed by atoms with Gasteiger partial charge in [-0.15, -0.1) is 0 Å². The van der Waals surface area contributed by atoms with Crippen molar-refractivity contribution < 1.29 is 0 Å². The van der Waals surface area contributed by atoms with E-state index < -0.39 is 0 Å². The average Bonchev–Trinajstić information content (AvgIpc) is 3.10. The summed E-state index contributed by atoms with van der Waals surface area (Å²) in [7, 11) is 0. The van der Waals surface area contributed by atoms with Gasteiger partial charge in [0.1, 0.15) is 0 Å². The van der Waals surface area contributed by atoms with Crippen molar-refractivity contribution in [2.75, 3.05) is 19.6 Å². The van der Waals surface area contributed by atoms with Gasteiger partial charge >= 0.3 is 0 Å². The minimum atomic E-state index is 0.517. The molecular formula is C22H22ClN3. The number of rotatable bonds is 4. The van der Waals surface area contributed by atoms with Crippen molar-refractivity contribution in [1.29, 1.82) is 5.26 Å². The molecule has 0 saturated carbocycles. The van der Waals surface area contributed by atoms with Crippen LogP contribution in [0.2, 0.25) is 5.02 Å². The van der Waals surface area contributed by atoms with Gasteiger partial charge in [0.05, 0.1) is 11.6 Å². The quantitative estimate of drug-likeness (QED) is 0.650. The van der Waals surface area contributed by atoms with Crippen LogP contribution >= 0.6 is 11.6 Å². The third-order valence-electron chi connectivity index (χ3n) is 5.41. The molecule has 4 heteroatoms. The Hall–Kier alpha value is -2.28. The second-order valence-corrected chi connectivity index (χ2v) is 7.50. The summed E-state index contributed by atoms with van der Waals surface area (Å²) in [5.41, 5.74) is 3.22. The van der Waals surface area contributed by atoms with Crippen LogP contribution in [0.4, 0.5) is 0 Å². The molecule has 2 aromatic carbocycles. The maximum Gasteiger partial charge on any atom is 0.0992 e. The first-order valence-corrected chi connectivity index (χ1v) is 9.58. The molecule has 0 amide bonds. The Morgan fingerprint density at radius 3 is 2.69 bits per heavy atom. The van der Waals surface area contributed by atoms with Gasteiger partial charge in [-0.25, -0.2) is 0 Å². The molecule has 2 heterocycles. The lowest BCUT2D eigenvalue weighted by Crippen LogP contribution is -2.35. The summed E-state index contributed by atoms with van der Waals surface area (Å²) in [5, 5.41) is 11.2. The maximum absolute atomic E-state index is 9.17. The van der Waals surface area contributed by atoms with Gasteiger partial charge in [0.25, 0.3) is 0 Å². The van der Waals surface area contributed by atoms with Crippen molar-refractivity contribution in [3.05, 3.63) is 70.9 Å². The molecule has 3 nitrogen and oxygen atoms in total. The highest BCUT2D eigenvalue weighted by atomic mass is 35.5. The summed E-state index contributed by atoms with van der Waals surface area (Å²) in [6.07, 6.45) is 5.52. The second kappa shape index (κ2) is 7.53. The first-order chi connectivity index (χ1) is 12.7. The van der Waals surface area contributed by atoms with Gasteiger partial charge in [0, 0.05) is 42.4 Å². The van der Waals surface area contributed by atoms with E-state index in [1.807, 2.05) is 30.3 Å². The molecule has 1 fully saturated rings. The van der Waals surface area contributed by atoms with Crippen molar-refractivity contribution in [1.82, 2.24) is 9.47 Å². The average molecular weight is 364 g/mol. The molecule has 0 spiro atoms. The standard InChI is InChI=1S/C22H22ClN3/c23-20-3-1-2-17(14-20)6-10-25-11-8-21(9-12-25)26-13-7-19-5-4-18(16-24)15-22(19)26/h1-5,7,13-15,21H,6,8-12H2. The van der Waals surface area contributed by atoms with Crippen molar-refractivity contribution in [3.63, 3.8) is 0 Å². The summed E-state index contributed by atoms with van der Waals surface area (Å²) >= 11 is 6.08. The van der Waals surface area contributed by atoms with Gasteiger partial charge in [0.15, 0.2) is 0 Å². The molecule has 4 rings (SSSR count). The molecule has 132 valence electrons. The fourth-order valence-electron chi connectivity index (χ4n) is 3.94. The third kappa shape index (κ3) is 3.62. The second-order valence-electron chi connectivity index (χ2n) is 7.06. The SMILES string of the molecule is N#Cc1ccc2ccn(C3CCN(CCc4cccc(Cl)c4)CC3)c2c1. The zero-order chi connectivity index (χ0) is 17.9. The third-order valence-corrected chi connectivity index (χ3v) is 5.64. The van der Waals surface area contributed by atoms with Crippen molar-refractivity contribution in [2.45, 2.75) is 25.3 Å². The van der Waals surface area contributed by atoms with Crippen LogP contribution in [-0.2, 0) is 6.42 Å². The molecule has 1 aliphatic heterocycles. The van der Waals surface area contributed by atoms with E-state index in [9.17, 15) is 0 Å². The highest BCUT2D eigenvalue weighted by molar-refractivity contribution is 6.30. The maximum atomic E-state index is 9.17. The lowest BCUT2D eigenvalue weighted by atomic mass is 10.0. The molecule has 26 heavy (non-hydrogen) atoms. The lowest BCUT2D eigenvalue weighted by molar-refractivity contribution is 0.190. The Morgan fingerprint density at radius 2 is 1.92 bits per heavy atom. The number of likely N-dealkylation sites (tertiary alicyclic amines) is 1. The van der Waals surface area contributed by atoms with Crippen LogP contribution < -0.4 is 0 Å². The van der Waals surface area contributed by atoms with Gasteiger partial charge < -0.3 is 9.47 Å². The predicted octanol–water partition coefficient (Wildman–Crippen LogP) is 5.05. The molecular weight excluding hydrogens is 342 g/mol. The number of nitriles is 1. The van der Waals surface area contributed by atoms with Gasteiger partial charge in [0.2, 0.25) is 0 Å². The number of hydrogen-bond acceptors (Lipinski definition) is 2. The van der Waals surface area contributed by atoms with Crippen LogP contribution in [0.3, 0.4) is 0 Å². The van der Waals surface area contributed by atoms with Crippen molar-refractivity contribution in [3.8, 4) is 6.07 Å². The number of aromatic nitrogens is 1. The Balaban J connectivity index is 1.38. The van der Waals surface area contributed by atoms with Crippen LogP contribution in [0.15, 0.2) is 54.7 Å². The zero-order valence-corrected chi connectivity index (χ0v) is 15.5. The number of hydrogen-bond donors (Lipinski definition) is 0. The fourth-order valence-corrected chi connectivity index (χ4v) is 4.15. The smallest absolute Gasteiger partial charge is 0.0992 e. The molecule has 1 aromatic heterocycles. The predicted molar refractivity (Wildman–Crippen MR) is 107 cm³/mol. The van der Waals surface area contributed by atoms with Crippen molar-refractivity contribution in [2.24, 2.45) is 0 Å². The summed E-state index contributed by atoms with van der Waals surface area (Å²) in [6, 6.07) is 19.0. The number of fused-ring (bicyclic) bond motifs is 1. The van der Waals surface area contributed by atoms with E-state index in [0.717, 1.165) is 49.5 Å². The van der Waals surface area contributed by atoms with Crippen LogP contribution in [-0.4, -0.2) is 29.1 Å². The van der Waals surface area contributed by atoms with E-state index in [1.165, 1.54) is 16.5 Å². The van der Waals surface area contributed by atoms with E-state index in [1.54, 1.807) is 0 Å². The molecule has 0 bridgehead atoms. The molecule has 1 saturated heterocycles. The van der Waals surface area contributed by atoms with Crippen molar-refractivity contribution >= 4 is 22.5 Å². The fraction of sp³-hybridized carbons (Fsp3) is 0.318. The lowest BCUT2D eigenvalue weighted by Gasteiger charge is -2.33. The van der Waals surface area contributed by atoms with E-state index in [-0.39, 0.29) is 0 Å². The topological polar surface area (TPSA) is 32.0 Å². The summed E-state index contributed by atoms with van der Waals surface area (Å²) in [6.45, 7) is 3.31. The molecule has 3 aromatic rings.